The number of hydrogen-bond acceptors (Lipinski definition) is 3. The number of aromatic carboxylic acids is 1. The Balaban J connectivity index is 1.70. The van der Waals surface area contributed by atoms with E-state index in [4.69, 9.17) is 5.11 Å². The molecule has 0 saturated heterocycles. The summed E-state index contributed by atoms with van der Waals surface area (Å²) < 4.78 is 0. The molecule has 1 aromatic carbocycles. The van der Waals surface area contributed by atoms with Gasteiger partial charge in [0.1, 0.15) is 5.82 Å². The van der Waals surface area contributed by atoms with E-state index in [1.807, 2.05) is 12.3 Å². The summed E-state index contributed by atoms with van der Waals surface area (Å²) in [5.74, 6) is -0.0473. The van der Waals surface area contributed by atoms with Crippen LogP contribution < -0.4 is 5.32 Å². The van der Waals surface area contributed by atoms with E-state index in [0.717, 1.165) is 24.2 Å². The Kier molecular flexibility index (Phi) is 3.37. The first kappa shape index (κ1) is 12.7. The summed E-state index contributed by atoms with van der Waals surface area (Å²) in [6.07, 6.45) is 5.41. The zero-order chi connectivity index (χ0) is 13.9. The maximum absolute atomic E-state index is 10.9. The summed E-state index contributed by atoms with van der Waals surface area (Å²) >= 11 is 0. The number of nitrogens with one attached hydrogen (secondary N) is 1. The molecule has 2 N–H and O–H groups in total. The van der Waals surface area contributed by atoms with Crippen LogP contribution in [0.5, 0.6) is 0 Å². The molecule has 0 saturated carbocycles. The lowest BCUT2D eigenvalue weighted by Crippen LogP contribution is -2.04. The van der Waals surface area contributed by atoms with Crippen molar-refractivity contribution in [3.05, 3.63) is 58.8 Å². The van der Waals surface area contributed by atoms with Gasteiger partial charge in [0.15, 0.2) is 0 Å². The van der Waals surface area contributed by atoms with Gasteiger partial charge in [0, 0.05) is 12.7 Å². The van der Waals surface area contributed by atoms with Gasteiger partial charge in [0.25, 0.3) is 0 Å². The summed E-state index contributed by atoms with van der Waals surface area (Å²) in [5, 5.41) is 12.2. The Bertz CT molecular complexity index is 653. The van der Waals surface area contributed by atoms with Crippen molar-refractivity contribution in [3.8, 4) is 0 Å². The molecule has 102 valence electrons. The first-order valence-corrected chi connectivity index (χ1v) is 6.76. The molecule has 0 amide bonds. The number of carbonyl (C=O) groups is 1. The summed E-state index contributed by atoms with van der Waals surface area (Å²) in [7, 11) is 0. The average molecular weight is 268 g/mol. The molecule has 4 nitrogen and oxygen atoms in total. The second-order valence-corrected chi connectivity index (χ2v) is 5.05. The van der Waals surface area contributed by atoms with Gasteiger partial charge in [-0.1, -0.05) is 12.1 Å². The van der Waals surface area contributed by atoms with Crippen molar-refractivity contribution in [1.82, 2.24) is 4.98 Å². The molecule has 1 aliphatic carbocycles. The van der Waals surface area contributed by atoms with Gasteiger partial charge in [-0.05, 0) is 54.2 Å². The maximum atomic E-state index is 10.9. The largest absolute Gasteiger partial charge is 0.478 e. The van der Waals surface area contributed by atoms with Crippen LogP contribution in [0, 0.1) is 0 Å². The van der Waals surface area contributed by atoms with Crippen molar-refractivity contribution in [2.24, 2.45) is 0 Å². The van der Waals surface area contributed by atoms with E-state index in [9.17, 15) is 4.79 Å². The van der Waals surface area contributed by atoms with E-state index >= 15 is 0 Å². The maximum Gasteiger partial charge on any atom is 0.335 e. The van der Waals surface area contributed by atoms with Gasteiger partial charge < -0.3 is 10.4 Å². The second kappa shape index (κ2) is 5.33. The zero-order valence-corrected chi connectivity index (χ0v) is 11.1. The molecule has 2 aromatic rings. The first-order chi connectivity index (χ1) is 9.72. The molecule has 1 heterocycles. The minimum Gasteiger partial charge on any atom is -0.478 e. The normalized spacial score (nSPS) is 13.0. The predicted octanol–water partition coefficient (Wildman–Crippen LogP) is 2.88. The van der Waals surface area contributed by atoms with E-state index in [-0.39, 0.29) is 0 Å². The van der Waals surface area contributed by atoms with Crippen LogP contribution in [-0.2, 0) is 19.4 Å². The van der Waals surface area contributed by atoms with Crippen LogP contribution in [0.4, 0.5) is 5.82 Å². The Labute approximate surface area is 117 Å². The van der Waals surface area contributed by atoms with Gasteiger partial charge in [-0.2, -0.15) is 0 Å². The van der Waals surface area contributed by atoms with Crippen molar-refractivity contribution in [1.29, 1.82) is 0 Å². The first-order valence-electron chi connectivity index (χ1n) is 6.76. The number of carboxylic acids is 1. The molecule has 0 radical (unpaired) electrons. The minimum atomic E-state index is -0.900. The van der Waals surface area contributed by atoms with Crippen LogP contribution in [0.15, 0.2) is 36.5 Å². The van der Waals surface area contributed by atoms with Crippen LogP contribution in [0.2, 0.25) is 0 Å². The number of nitrogens with zero attached hydrogens (tertiary/aromatic N) is 1. The molecular formula is C16H16N2O2. The van der Waals surface area contributed by atoms with Gasteiger partial charge in [-0.3, -0.25) is 0 Å². The Hall–Kier alpha value is -2.36. The van der Waals surface area contributed by atoms with E-state index in [1.165, 1.54) is 17.5 Å². The molecule has 20 heavy (non-hydrogen) atoms. The predicted molar refractivity (Wildman–Crippen MR) is 77.0 cm³/mol. The molecule has 0 fully saturated rings. The summed E-state index contributed by atoms with van der Waals surface area (Å²) in [5.41, 5.74) is 3.98. The highest BCUT2D eigenvalue weighted by Gasteiger charge is 2.11. The molecule has 0 spiro atoms. The quantitative estimate of drug-likeness (QED) is 0.895. The number of rotatable bonds is 4. The molecule has 0 unspecified atom stereocenters. The lowest BCUT2D eigenvalue weighted by Gasteiger charge is -2.08. The van der Waals surface area contributed by atoms with Gasteiger partial charge in [0.2, 0.25) is 0 Å². The lowest BCUT2D eigenvalue weighted by molar-refractivity contribution is 0.0697. The standard InChI is InChI=1S/C16H16N2O2/c19-16(20)13-5-1-3-11(7-13)9-17-15-8-12-4-2-6-14(12)10-18-15/h1,3,5,7-8,10H,2,4,6,9H2,(H,17,18)(H,19,20). The number of hydrogen-bond donors (Lipinski definition) is 2. The molecule has 0 bridgehead atoms. The Morgan fingerprint density at radius 1 is 1.25 bits per heavy atom. The smallest absolute Gasteiger partial charge is 0.335 e. The summed E-state index contributed by atoms with van der Waals surface area (Å²) in [6.45, 7) is 0.576. The molecule has 0 aliphatic heterocycles. The fourth-order valence-corrected chi connectivity index (χ4v) is 2.56. The van der Waals surface area contributed by atoms with E-state index in [1.54, 1.807) is 18.2 Å². The fraction of sp³-hybridized carbons (Fsp3) is 0.250. The van der Waals surface area contributed by atoms with Gasteiger partial charge in [0.05, 0.1) is 5.56 Å². The van der Waals surface area contributed by atoms with E-state index < -0.39 is 5.97 Å². The van der Waals surface area contributed by atoms with Gasteiger partial charge in [-0.25, -0.2) is 9.78 Å². The highest BCUT2D eigenvalue weighted by Crippen LogP contribution is 2.23. The molecular weight excluding hydrogens is 252 g/mol. The van der Waals surface area contributed by atoms with Crippen LogP contribution in [0.3, 0.4) is 0 Å². The number of benzene rings is 1. The highest BCUT2D eigenvalue weighted by molar-refractivity contribution is 5.87. The van der Waals surface area contributed by atoms with Crippen molar-refractivity contribution in [3.63, 3.8) is 0 Å². The lowest BCUT2D eigenvalue weighted by atomic mass is 10.1. The summed E-state index contributed by atoms with van der Waals surface area (Å²) in [4.78, 5) is 15.3. The number of pyridine rings is 1. The van der Waals surface area contributed by atoms with E-state index in [2.05, 4.69) is 16.4 Å². The average Bonchev–Trinajstić information content (AvgIpc) is 2.93. The molecule has 1 aliphatic rings. The number of anilines is 1. The van der Waals surface area contributed by atoms with Crippen molar-refractivity contribution >= 4 is 11.8 Å². The zero-order valence-electron chi connectivity index (χ0n) is 11.1. The molecule has 1 aromatic heterocycles. The molecule has 0 atom stereocenters. The van der Waals surface area contributed by atoms with Gasteiger partial charge in [-0.15, -0.1) is 0 Å². The monoisotopic (exact) mass is 268 g/mol. The van der Waals surface area contributed by atoms with E-state index in [0.29, 0.717) is 12.1 Å². The molecule has 3 rings (SSSR count). The van der Waals surface area contributed by atoms with Crippen molar-refractivity contribution in [2.75, 3.05) is 5.32 Å². The Morgan fingerprint density at radius 3 is 2.95 bits per heavy atom. The van der Waals surface area contributed by atoms with Crippen LogP contribution in [0.25, 0.3) is 0 Å². The van der Waals surface area contributed by atoms with Crippen molar-refractivity contribution < 1.29 is 9.90 Å². The molecule has 4 heteroatoms. The summed E-state index contributed by atoms with van der Waals surface area (Å²) in [6, 6.07) is 9.05. The third kappa shape index (κ3) is 2.64. The Morgan fingerprint density at radius 2 is 2.10 bits per heavy atom. The number of carboxylic acid groups (broad SMARTS) is 1. The second-order valence-electron chi connectivity index (χ2n) is 5.05. The third-order valence-corrected chi connectivity index (χ3v) is 3.62. The van der Waals surface area contributed by atoms with Crippen LogP contribution >= 0.6 is 0 Å². The van der Waals surface area contributed by atoms with Crippen LogP contribution in [0.1, 0.15) is 33.5 Å². The SMILES string of the molecule is O=C(O)c1cccc(CNc2cc3c(cn2)CCC3)c1. The number of fused-ring (bicyclic) bond motifs is 1. The topological polar surface area (TPSA) is 62.2 Å². The van der Waals surface area contributed by atoms with Gasteiger partial charge >= 0.3 is 5.97 Å². The highest BCUT2D eigenvalue weighted by atomic mass is 16.4. The van der Waals surface area contributed by atoms with Crippen LogP contribution in [-0.4, -0.2) is 16.1 Å². The van der Waals surface area contributed by atoms with Crippen molar-refractivity contribution in [2.45, 2.75) is 25.8 Å². The minimum absolute atomic E-state index is 0.311. The number of aryl methyl sites for hydroxylation is 2. The fourth-order valence-electron chi connectivity index (χ4n) is 2.56. The third-order valence-electron chi connectivity index (χ3n) is 3.62. The number of aromatic nitrogens is 1.